The number of rotatable bonds is 2. The molecule has 58 valence electrons. The van der Waals surface area contributed by atoms with E-state index in [0.29, 0.717) is 0 Å². The topological polar surface area (TPSA) is 12.9 Å². The molecule has 0 amide bonds. The van der Waals surface area contributed by atoms with Crippen LogP contribution in [0.4, 0.5) is 0 Å². The van der Waals surface area contributed by atoms with Gasteiger partial charge in [-0.25, -0.2) is 0 Å². The first-order valence-electron chi connectivity index (χ1n) is 3.91. The third kappa shape index (κ3) is 2.19. The molecule has 0 saturated heterocycles. The summed E-state index contributed by atoms with van der Waals surface area (Å²) in [7, 11) is 0. The van der Waals surface area contributed by atoms with E-state index in [1.165, 1.54) is 11.1 Å². The fraction of sp³-hybridized carbons (Fsp3) is 0.300. The van der Waals surface area contributed by atoms with Gasteiger partial charge in [0.05, 0.1) is 0 Å². The van der Waals surface area contributed by atoms with Gasteiger partial charge in [0.25, 0.3) is 0 Å². The van der Waals surface area contributed by atoms with Crippen molar-refractivity contribution in [2.24, 2.45) is 0 Å². The third-order valence-corrected chi connectivity index (χ3v) is 1.63. The second-order valence-electron chi connectivity index (χ2n) is 2.54. The average Bonchev–Trinajstić information content (AvgIpc) is 2.07. The number of pyridine rings is 1. The van der Waals surface area contributed by atoms with Gasteiger partial charge in [-0.15, -0.1) is 0 Å². The minimum atomic E-state index is 1.08. The molecular weight excluding hydrogens is 134 g/mol. The minimum absolute atomic E-state index is 1.08. The molecule has 11 heavy (non-hydrogen) atoms. The SMILES string of the molecule is CC/C=C(/C)c1cccnc1. The zero-order chi connectivity index (χ0) is 8.10. The van der Waals surface area contributed by atoms with Crippen molar-refractivity contribution in [1.82, 2.24) is 4.98 Å². The summed E-state index contributed by atoms with van der Waals surface area (Å²) in [4.78, 5) is 4.05. The summed E-state index contributed by atoms with van der Waals surface area (Å²) in [6.45, 7) is 4.25. The van der Waals surface area contributed by atoms with E-state index < -0.39 is 0 Å². The molecule has 0 aliphatic rings. The van der Waals surface area contributed by atoms with Crippen LogP contribution in [0.5, 0.6) is 0 Å². The molecule has 1 heterocycles. The molecule has 1 rings (SSSR count). The molecule has 0 radical (unpaired) electrons. The monoisotopic (exact) mass is 147 g/mol. The van der Waals surface area contributed by atoms with Gasteiger partial charge in [-0.2, -0.15) is 0 Å². The number of aromatic nitrogens is 1. The minimum Gasteiger partial charge on any atom is -0.264 e. The Bertz CT molecular complexity index is 236. The summed E-state index contributed by atoms with van der Waals surface area (Å²) in [5.41, 5.74) is 2.52. The van der Waals surface area contributed by atoms with Crippen LogP contribution >= 0.6 is 0 Å². The molecule has 1 aromatic heterocycles. The van der Waals surface area contributed by atoms with Gasteiger partial charge in [0.1, 0.15) is 0 Å². The van der Waals surface area contributed by atoms with Gasteiger partial charge >= 0.3 is 0 Å². The van der Waals surface area contributed by atoms with Crippen molar-refractivity contribution in [3.63, 3.8) is 0 Å². The van der Waals surface area contributed by atoms with Crippen molar-refractivity contribution in [3.05, 3.63) is 36.2 Å². The fourth-order valence-electron chi connectivity index (χ4n) is 1.02. The zero-order valence-corrected chi connectivity index (χ0v) is 7.04. The molecule has 0 aromatic carbocycles. The summed E-state index contributed by atoms with van der Waals surface area (Å²) >= 11 is 0. The van der Waals surface area contributed by atoms with E-state index in [2.05, 4.69) is 31.0 Å². The van der Waals surface area contributed by atoms with Gasteiger partial charge < -0.3 is 0 Å². The van der Waals surface area contributed by atoms with E-state index >= 15 is 0 Å². The molecule has 0 saturated carbocycles. The van der Waals surface area contributed by atoms with Crippen molar-refractivity contribution in [3.8, 4) is 0 Å². The lowest BCUT2D eigenvalue weighted by molar-refractivity contribution is 1.21. The Kier molecular flexibility index (Phi) is 2.84. The van der Waals surface area contributed by atoms with Crippen LogP contribution < -0.4 is 0 Å². The molecule has 0 bridgehead atoms. The Morgan fingerprint density at radius 2 is 2.45 bits per heavy atom. The molecule has 0 aliphatic carbocycles. The zero-order valence-electron chi connectivity index (χ0n) is 7.04. The maximum Gasteiger partial charge on any atom is 0.0342 e. The highest BCUT2D eigenvalue weighted by Crippen LogP contribution is 2.11. The van der Waals surface area contributed by atoms with Gasteiger partial charge in [-0.1, -0.05) is 19.1 Å². The van der Waals surface area contributed by atoms with E-state index in [9.17, 15) is 0 Å². The van der Waals surface area contributed by atoms with Crippen LogP contribution in [0.1, 0.15) is 25.8 Å². The summed E-state index contributed by atoms with van der Waals surface area (Å²) < 4.78 is 0. The molecular formula is C10H13N. The Morgan fingerprint density at radius 1 is 1.64 bits per heavy atom. The number of hydrogen-bond acceptors (Lipinski definition) is 1. The van der Waals surface area contributed by atoms with Crippen LogP contribution in [0.3, 0.4) is 0 Å². The van der Waals surface area contributed by atoms with Gasteiger partial charge in [-0.05, 0) is 30.5 Å². The van der Waals surface area contributed by atoms with Crippen LogP contribution in [0, 0.1) is 0 Å². The summed E-state index contributed by atoms with van der Waals surface area (Å²) in [5, 5.41) is 0. The molecule has 0 unspecified atom stereocenters. The van der Waals surface area contributed by atoms with Crippen LogP contribution in [0.15, 0.2) is 30.6 Å². The maximum absolute atomic E-state index is 4.05. The van der Waals surface area contributed by atoms with Crippen molar-refractivity contribution in [1.29, 1.82) is 0 Å². The first kappa shape index (κ1) is 7.99. The number of allylic oxidation sites excluding steroid dienone is 2. The number of nitrogens with zero attached hydrogens (tertiary/aromatic N) is 1. The molecule has 0 atom stereocenters. The van der Waals surface area contributed by atoms with Gasteiger partial charge in [0, 0.05) is 12.4 Å². The standard InChI is InChI=1S/C10H13N/c1-3-5-9(2)10-6-4-7-11-8-10/h4-8H,3H2,1-2H3/b9-5-. The Morgan fingerprint density at radius 3 is 3.00 bits per heavy atom. The van der Waals surface area contributed by atoms with E-state index in [-0.39, 0.29) is 0 Å². The Labute approximate surface area is 67.8 Å². The molecule has 0 fully saturated rings. The van der Waals surface area contributed by atoms with E-state index in [1.807, 2.05) is 12.3 Å². The molecule has 0 N–H and O–H groups in total. The molecule has 1 heteroatoms. The van der Waals surface area contributed by atoms with Crippen LogP contribution in [-0.4, -0.2) is 4.98 Å². The molecule has 0 aliphatic heterocycles. The quantitative estimate of drug-likeness (QED) is 0.626. The molecule has 1 aromatic rings. The first-order chi connectivity index (χ1) is 5.34. The summed E-state index contributed by atoms with van der Waals surface area (Å²) in [6.07, 6.45) is 6.97. The van der Waals surface area contributed by atoms with Crippen LogP contribution in [0.25, 0.3) is 5.57 Å². The molecule has 0 spiro atoms. The first-order valence-corrected chi connectivity index (χ1v) is 3.91. The van der Waals surface area contributed by atoms with Gasteiger partial charge in [0.15, 0.2) is 0 Å². The van der Waals surface area contributed by atoms with Gasteiger partial charge in [0.2, 0.25) is 0 Å². The lowest BCUT2D eigenvalue weighted by atomic mass is 10.1. The third-order valence-electron chi connectivity index (χ3n) is 1.63. The Balaban J connectivity index is 2.85. The predicted molar refractivity (Wildman–Crippen MR) is 48.2 cm³/mol. The lowest BCUT2D eigenvalue weighted by Crippen LogP contribution is -1.79. The van der Waals surface area contributed by atoms with Crippen LogP contribution in [-0.2, 0) is 0 Å². The van der Waals surface area contributed by atoms with E-state index in [0.717, 1.165) is 6.42 Å². The highest BCUT2D eigenvalue weighted by molar-refractivity contribution is 5.62. The second-order valence-corrected chi connectivity index (χ2v) is 2.54. The van der Waals surface area contributed by atoms with E-state index in [1.54, 1.807) is 6.20 Å². The van der Waals surface area contributed by atoms with E-state index in [4.69, 9.17) is 0 Å². The van der Waals surface area contributed by atoms with Crippen LogP contribution in [0.2, 0.25) is 0 Å². The highest BCUT2D eigenvalue weighted by atomic mass is 14.6. The van der Waals surface area contributed by atoms with Crippen molar-refractivity contribution in [2.75, 3.05) is 0 Å². The summed E-state index contributed by atoms with van der Waals surface area (Å²) in [5.74, 6) is 0. The smallest absolute Gasteiger partial charge is 0.0342 e. The number of hydrogen-bond donors (Lipinski definition) is 0. The highest BCUT2D eigenvalue weighted by Gasteiger charge is 1.91. The fourth-order valence-corrected chi connectivity index (χ4v) is 1.02. The predicted octanol–water partition coefficient (Wildman–Crippen LogP) is 2.89. The van der Waals surface area contributed by atoms with Crippen molar-refractivity contribution < 1.29 is 0 Å². The summed E-state index contributed by atoms with van der Waals surface area (Å²) in [6, 6.07) is 4.04. The van der Waals surface area contributed by atoms with Crippen molar-refractivity contribution >= 4 is 5.57 Å². The van der Waals surface area contributed by atoms with Gasteiger partial charge in [-0.3, -0.25) is 4.98 Å². The second kappa shape index (κ2) is 3.91. The lowest BCUT2D eigenvalue weighted by Gasteiger charge is -1.97. The maximum atomic E-state index is 4.05. The largest absolute Gasteiger partial charge is 0.264 e. The molecule has 1 nitrogen and oxygen atoms in total. The normalized spacial score (nSPS) is 11.6. The van der Waals surface area contributed by atoms with Crippen molar-refractivity contribution in [2.45, 2.75) is 20.3 Å². The Hall–Kier alpha value is -1.11. The average molecular weight is 147 g/mol.